The van der Waals surface area contributed by atoms with Gasteiger partial charge in [-0.1, -0.05) is 0 Å². The Balaban J connectivity index is 1.80. The Hall–Kier alpha value is -0.650. The molecular formula is C16H30N2O3. The highest BCUT2D eigenvalue weighted by Crippen LogP contribution is 2.33. The van der Waals surface area contributed by atoms with Crippen LogP contribution in [-0.4, -0.2) is 69.8 Å². The van der Waals surface area contributed by atoms with E-state index in [4.69, 9.17) is 5.11 Å². The molecule has 1 aliphatic carbocycles. The van der Waals surface area contributed by atoms with Crippen LogP contribution in [0.3, 0.4) is 0 Å². The predicted octanol–water partition coefficient (Wildman–Crippen LogP) is 1.41. The van der Waals surface area contributed by atoms with E-state index in [0.717, 1.165) is 26.2 Å². The van der Waals surface area contributed by atoms with Crippen molar-refractivity contribution < 1.29 is 15.0 Å². The maximum absolute atomic E-state index is 11.0. The normalized spacial score (nSPS) is 33.0. The Kier molecular flexibility index (Phi) is 4.96. The molecular weight excluding hydrogens is 268 g/mol. The van der Waals surface area contributed by atoms with Crippen LogP contribution in [0, 0.1) is 5.92 Å². The molecule has 1 saturated carbocycles. The quantitative estimate of drug-likeness (QED) is 0.825. The summed E-state index contributed by atoms with van der Waals surface area (Å²) in [5, 5.41) is 19.7. The van der Waals surface area contributed by atoms with Crippen LogP contribution in [-0.2, 0) is 4.79 Å². The summed E-state index contributed by atoms with van der Waals surface area (Å²) in [6.07, 6.45) is 2.44. The summed E-state index contributed by atoms with van der Waals surface area (Å²) in [6, 6.07) is 0. The number of piperazine rings is 1. The number of nitrogens with zero attached hydrogens (tertiary/aromatic N) is 2. The number of carboxylic acid groups (broad SMARTS) is 1. The van der Waals surface area contributed by atoms with Gasteiger partial charge in [0.15, 0.2) is 0 Å². The zero-order chi connectivity index (χ0) is 15.7. The second-order valence-corrected chi connectivity index (χ2v) is 7.77. The molecule has 0 radical (unpaired) electrons. The van der Waals surface area contributed by atoms with Crippen molar-refractivity contribution in [2.75, 3.05) is 32.7 Å². The highest BCUT2D eigenvalue weighted by atomic mass is 16.4. The molecule has 5 heteroatoms. The van der Waals surface area contributed by atoms with Gasteiger partial charge < -0.3 is 10.2 Å². The summed E-state index contributed by atoms with van der Waals surface area (Å²) >= 11 is 0. The first-order valence-corrected chi connectivity index (χ1v) is 8.12. The van der Waals surface area contributed by atoms with Crippen molar-refractivity contribution in [2.24, 2.45) is 5.92 Å². The second kappa shape index (κ2) is 6.23. The van der Waals surface area contributed by atoms with Crippen molar-refractivity contribution in [1.82, 2.24) is 9.80 Å². The number of aliphatic carboxylic acids is 1. The van der Waals surface area contributed by atoms with Crippen LogP contribution >= 0.6 is 0 Å². The lowest BCUT2D eigenvalue weighted by atomic mass is 9.78. The van der Waals surface area contributed by atoms with Crippen LogP contribution in [0.25, 0.3) is 0 Å². The number of aliphatic hydroxyl groups is 1. The van der Waals surface area contributed by atoms with Crippen LogP contribution in [0.5, 0.6) is 0 Å². The van der Waals surface area contributed by atoms with Gasteiger partial charge in [-0.3, -0.25) is 14.6 Å². The van der Waals surface area contributed by atoms with Crippen molar-refractivity contribution >= 4 is 5.97 Å². The van der Waals surface area contributed by atoms with Gasteiger partial charge in [-0.25, -0.2) is 0 Å². The van der Waals surface area contributed by atoms with Crippen molar-refractivity contribution in [3.63, 3.8) is 0 Å². The van der Waals surface area contributed by atoms with Crippen molar-refractivity contribution in [1.29, 1.82) is 0 Å². The summed E-state index contributed by atoms with van der Waals surface area (Å²) in [7, 11) is 0. The highest BCUT2D eigenvalue weighted by molar-refractivity contribution is 5.70. The molecule has 0 unspecified atom stereocenters. The van der Waals surface area contributed by atoms with E-state index in [9.17, 15) is 9.90 Å². The van der Waals surface area contributed by atoms with Gasteiger partial charge in [0, 0.05) is 38.3 Å². The Morgan fingerprint density at radius 2 is 1.67 bits per heavy atom. The van der Waals surface area contributed by atoms with Gasteiger partial charge in [-0.05, 0) is 46.5 Å². The molecule has 0 aromatic rings. The van der Waals surface area contributed by atoms with Gasteiger partial charge >= 0.3 is 5.97 Å². The fraction of sp³-hybridized carbons (Fsp3) is 0.938. The molecule has 122 valence electrons. The summed E-state index contributed by atoms with van der Waals surface area (Å²) in [5.41, 5.74) is -0.474. The minimum absolute atomic E-state index is 0.211. The highest BCUT2D eigenvalue weighted by Gasteiger charge is 2.38. The minimum atomic E-state index is -0.712. The largest absolute Gasteiger partial charge is 0.481 e. The fourth-order valence-corrected chi connectivity index (χ4v) is 3.55. The van der Waals surface area contributed by atoms with Crippen molar-refractivity contribution in [3.05, 3.63) is 0 Å². The van der Waals surface area contributed by atoms with E-state index in [-0.39, 0.29) is 11.5 Å². The minimum Gasteiger partial charge on any atom is -0.481 e. The zero-order valence-electron chi connectivity index (χ0n) is 13.6. The lowest BCUT2D eigenvalue weighted by molar-refractivity contribution is -0.145. The number of β-amino-alcohol motifs (C(OH)–C–C–N with tert-alkyl or cyclic N) is 1. The molecule has 0 bridgehead atoms. The van der Waals surface area contributed by atoms with Crippen molar-refractivity contribution in [2.45, 2.75) is 57.6 Å². The van der Waals surface area contributed by atoms with E-state index in [1.807, 2.05) is 0 Å². The Morgan fingerprint density at radius 1 is 1.14 bits per heavy atom. The monoisotopic (exact) mass is 298 g/mol. The van der Waals surface area contributed by atoms with Crippen LogP contribution in [0.1, 0.15) is 46.5 Å². The number of hydrogen-bond acceptors (Lipinski definition) is 4. The Bertz CT molecular complexity index is 362. The Labute approximate surface area is 127 Å². The summed E-state index contributed by atoms with van der Waals surface area (Å²) in [6.45, 7) is 11.5. The summed E-state index contributed by atoms with van der Waals surface area (Å²) < 4.78 is 0. The molecule has 1 aliphatic heterocycles. The molecule has 2 fully saturated rings. The molecule has 0 aromatic heterocycles. The second-order valence-electron chi connectivity index (χ2n) is 7.77. The lowest BCUT2D eigenvalue weighted by Gasteiger charge is -2.45. The average Bonchev–Trinajstić information content (AvgIpc) is 2.38. The zero-order valence-corrected chi connectivity index (χ0v) is 13.6. The van der Waals surface area contributed by atoms with E-state index in [1.54, 1.807) is 0 Å². The number of carboxylic acids is 1. The van der Waals surface area contributed by atoms with Crippen LogP contribution in [0.4, 0.5) is 0 Å². The molecule has 1 heterocycles. The third-order valence-corrected chi connectivity index (χ3v) is 5.10. The molecule has 0 atom stereocenters. The van der Waals surface area contributed by atoms with E-state index >= 15 is 0 Å². The van der Waals surface area contributed by atoms with Gasteiger partial charge in [-0.2, -0.15) is 0 Å². The van der Waals surface area contributed by atoms with E-state index in [2.05, 4.69) is 30.6 Å². The first-order valence-electron chi connectivity index (χ1n) is 8.12. The van der Waals surface area contributed by atoms with E-state index < -0.39 is 11.6 Å². The van der Waals surface area contributed by atoms with Gasteiger partial charge in [0.25, 0.3) is 0 Å². The van der Waals surface area contributed by atoms with E-state index in [1.165, 1.54) is 0 Å². The number of carbonyl (C=O) groups is 1. The molecule has 21 heavy (non-hydrogen) atoms. The SMILES string of the molecule is CC(C)(C)N1CCN(CC2(O)CCC(C(=O)O)CC2)CC1. The Morgan fingerprint density at radius 3 is 2.10 bits per heavy atom. The van der Waals surface area contributed by atoms with Gasteiger partial charge in [0.2, 0.25) is 0 Å². The molecule has 1 saturated heterocycles. The molecule has 2 N–H and O–H groups in total. The van der Waals surface area contributed by atoms with Gasteiger partial charge in [0.05, 0.1) is 11.5 Å². The maximum Gasteiger partial charge on any atom is 0.306 e. The molecule has 0 amide bonds. The number of rotatable bonds is 3. The first kappa shape index (κ1) is 16.7. The van der Waals surface area contributed by atoms with E-state index in [0.29, 0.717) is 32.2 Å². The first-order chi connectivity index (χ1) is 9.70. The van der Waals surface area contributed by atoms with Crippen molar-refractivity contribution in [3.8, 4) is 0 Å². The maximum atomic E-state index is 11.0. The van der Waals surface area contributed by atoms with Crippen LogP contribution in [0.2, 0.25) is 0 Å². The van der Waals surface area contributed by atoms with Crippen LogP contribution < -0.4 is 0 Å². The van der Waals surface area contributed by atoms with Gasteiger partial charge in [0.1, 0.15) is 0 Å². The predicted molar refractivity (Wildman–Crippen MR) is 82.3 cm³/mol. The third kappa shape index (κ3) is 4.41. The molecule has 0 aromatic carbocycles. The summed E-state index contributed by atoms with van der Waals surface area (Å²) in [4.78, 5) is 15.8. The lowest BCUT2D eigenvalue weighted by Crippen LogP contribution is -2.56. The topological polar surface area (TPSA) is 64.0 Å². The molecule has 5 nitrogen and oxygen atoms in total. The fourth-order valence-electron chi connectivity index (χ4n) is 3.55. The smallest absolute Gasteiger partial charge is 0.306 e. The molecule has 2 aliphatic rings. The third-order valence-electron chi connectivity index (χ3n) is 5.10. The standard InChI is InChI=1S/C16H30N2O3/c1-15(2,3)18-10-8-17(9-11-18)12-16(21)6-4-13(5-7-16)14(19)20/h13,21H,4-12H2,1-3H3,(H,19,20). The molecule has 2 rings (SSSR count). The average molecular weight is 298 g/mol. The summed E-state index contributed by atoms with van der Waals surface area (Å²) in [5.74, 6) is -0.973. The molecule has 0 spiro atoms. The van der Waals surface area contributed by atoms with Crippen LogP contribution in [0.15, 0.2) is 0 Å². The van der Waals surface area contributed by atoms with Gasteiger partial charge in [-0.15, -0.1) is 0 Å². The number of hydrogen-bond donors (Lipinski definition) is 2.